The van der Waals surface area contributed by atoms with Crippen LogP contribution in [0.2, 0.25) is 0 Å². The molecule has 0 aliphatic heterocycles. The summed E-state index contributed by atoms with van der Waals surface area (Å²) in [6.07, 6.45) is 3.56. The number of rotatable bonds is 8. The Balaban J connectivity index is 1.73. The van der Waals surface area contributed by atoms with Gasteiger partial charge in [-0.25, -0.2) is 13.1 Å². The summed E-state index contributed by atoms with van der Waals surface area (Å²) in [4.78, 5) is 0. The van der Waals surface area contributed by atoms with Crippen molar-refractivity contribution in [3.63, 3.8) is 0 Å². The van der Waals surface area contributed by atoms with Crippen LogP contribution in [0, 0.1) is 5.92 Å². The summed E-state index contributed by atoms with van der Waals surface area (Å²) in [7, 11) is -3.21. The Morgan fingerprint density at radius 2 is 1.72 bits per heavy atom. The number of nitrogens with one attached hydrogen (secondary N) is 2. The van der Waals surface area contributed by atoms with Gasteiger partial charge >= 0.3 is 6.61 Å². The second kappa shape index (κ2) is 8.80. The maximum atomic E-state index is 12.1. The molecule has 1 saturated carbocycles. The van der Waals surface area contributed by atoms with Crippen LogP contribution in [-0.4, -0.2) is 32.9 Å². The molecule has 0 unspecified atom stereocenters. The summed E-state index contributed by atoms with van der Waals surface area (Å²) in [6, 6.07) is 6.45. The maximum absolute atomic E-state index is 12.1. The normalized spacial score (nSPS) is 21.5. The molecule has 2 N–H and O–H groups in total. The number of ether oxygens (including phenoxy) is 1. The summed E-state index contributed by atoms with van der Waals surface area (Å²) < 4.78 is 55.1. The van der Waals surface area contributed by atoms with Crippen molar-refractivity contribution in [2.24, 2.45) is 5.92 Å². The van der Waals surface area contributed by atoms with Crippen molar-refractivity contribution in [3.8, 4) is 5.75 Å². The van der Waals surface area contributed by atoms with E-state index in [-0.39, 0.29) is 11.8 Å². The van der Waals surface area contributed by atoms with Crippen molar-refractivity contribution in [1.82, 2.24) is 4.72 Å². The van der Waals surface area contributed by atoms with E-state index in [1.807, 2.05) is 0 Å². The van der Waals surface area contributed by atoms with Gasteiger partial charge in [0.25, 0.3) is 0 Å². The molecule has 5 nitrogen and oxygen atoms in total. The van der Waals surface area contributed by atoms with Crippen LogP contribution < -0.4 is 14.8 Å². The fourth-order valence-electron chi connectivity index (χ4n) is 2.87. The number of hydrogen-bond donors (Lipinski definition) is 2. The van der Waals surface area contributed by atoms with Crippen LogP contribution in [0.1, 0.15) is 39.5 Å². The molecule has 2 rings (SSSR count). The summed E-state index contributed by atoms with van der Waals surface area (Å²) in [6.45, 7) is 1.31. The van der Waals surface area contributed by atoms with Gasteiger partial charge in [-0.2, -0.15) is 8.78 Å². The Bertz CT molecular complexity index is 628. The number of halogens is 2. The quantitative estimate of drug-likeness (QED) is 0.728. The summed E-state index contributed by atoms with van der Waals surface area (Å²) in [5.74, 6) is 0.607. The van der Waals surface area contributed by atoms with E-state index in [1.54, 1.807) is 26.0 Å². The van der Waals surface area contributed by atoms with Crippen molar-refractivity contribution in [2.75, 3.05) is 11.9 Å². The third kappa shape index (κ3) is 6.43. The molecule has 0 heterocycles. The predicted molar refractivity (Wildman–Crippen MR) is 94.5 cm³/mol. The highest BCUT2D eigenvalue weighted by Gasteiger charge is 2.26. The van der Waals surface area contributed by atoms with Crippen LogP contribution in [0.25, 0.3) is 0 Å². The average Bonchev–Trinajstić information content (AvgIpc) is 2.54. The molecule has 0 aromatic heterocycles. The molecular formula is C17H26F2N2O3S. The van der Waals surface area contributed by atoms with Gasteiger partial charge in [0.05, 0.1) is 5.25 Å². The fraction of sp³-hybridized carbons (Fsp3) is 0.647. The highest BCUT2D eigenvalue weighted by atomic mass is 32.2. The molecule has 1 aromatic carbocycles. The number of sulfonamides is 1. The van der Waals surface area contributed by atoms with Crippen molar-refractivity contribution in [1.29, 1.82) is 0 Å². The van der Waals surface area contributed by atoms with Gasteiger partial charge in [-0.15, -0.1) is 0 Å². The van der Waals surface area contributed by atoms with Crippen molar-refractivity contribution in [3.05, 3.63) is 24.3 Å². The van der Waals surface area contributed by atoms with E-state index in [1.165, 1.54) is 12.1 Å². The summed E-state index contributed by atoms with van der Waals surface area (Å²) >= 11 is 0. The first-order valence-corrected chi connectivity index (χ1v) is 10.1. The predicted octanol–water partition coefficient (Wildman–Crippen LogP) is 3.59. The van der Waals surface area contributed by atoms with Crippen LogP contribution in [0.15, 0.2) is 24.3 Å². The minimum atomic E-state index is -3.21. The Kier molecular flexibility index (Phi) is 7.01. The van der Waals surface area contributed by atoms with Crippen LogP contribution in [-0.2, 0) is 10.0 Å². The van der Waals surface area contributed by atoms with Crippen LogP contribution in [0.4, 0.5) is 14.5 Å². The molecule has 1 aliphatic rings. The second-order valence-corrected chi connectivity index (χ2v) is 8.98. The molecule has 1 aromatic rings. The monoisotopic (exact) mass is 376 g/mol. The van der Waals surface area contributed by atoms with Crippen LogP contribution in [0.3, 0.4) is 0 Å². The molecule has 0 radical (unpaired) electrons. The Morgan fingerprint density at radius 3 is 2.24 bits per heavy atom. The zero-order valence-corrected chi connectivity index (χ0v) is 15.4. The fourth-order valence-corrected chi connectivity index (χ4v) is 3.84. The molecule has 0 atom stereocenters. The molecule has 0 saturated heterocycles. The zero-order valence-electron chi connectivity index (χ0n) is 14.5. The molecule has 142 valence electrons. The molecule has 25 heavy (non-hydrogen) atoms. The number of alkyl halides is 2. The molecular weight excluding hydrogens is 350 g/mol. The Morgan fingerprint density at radius 1 is 1.12 bits per heavy atom. The first-order chi connectivity index (χ1) is 11.8. The lowest BCUT2D eigenvalue weighted by Crippen LogP contribution is -2.41. The Hall–Kier alpha value is -1.41. The lowest BCUT2D eigenvalue weighted by atomic mass is 9.86. The second-order valence-electron chi connectivity index (χ2n) is 6.71. The van der Waals surface area contributed by atoms with E-state index >= 15 is 0 Å². The zero-order chi connectivity index (χ0) is 18.4. The molecule has 0 bridgehead atoms. The van der Waals surface area contributed by atoms with Crippen molar-refractivity contribution in [2.45, 2.75) is 57.4 Å². The SMILES string of the molecule is CC(C)S(=O)(=O)N[C@H]1CC[C@H](CNc2ccc(OC(F)F)cc2)CC1. The highest BCUT2D eigenvalue weighted by Crippen LogP contribution is 2.26. The average molecular weight is 376 g/mol. The van der Waals surface area contributed by atoms with Gasteiger partial charge in [-0.05, 0) is 69.7 Å². The van der Waals surface area contributed by atoms with E-state index in [0.717, 1.165) is 37.9 Å². The minimum absolute atomic E-state index is 0.0226. The number of anilines is 1. The van der Waals surface area contributed by atoms with Gasteiger partial charge in [0, 0.05) is 18.3 Å². The maximum Gasteiger partial charge on any atom is 0.387 e. The first-order valence-electron chi connectivity index (χ1n) is 8.56. The Labute approximate surface area is 148 Å². The van der Waals surface area contributed by atoms with E-state index in [0.29, 0.717) is 5.92 Å². The van der Waals surface area contributed by atoms with Gasteiger partial charge in [-0.1, -0.05) is 0 Å². The van der Waals surface area contributed by atoms with E-state index < -0.39 is 21.9 Å². The first kappa shape index (κ1) is 19.9. The lowest BCUT2D eigenvalue weighted by molar-refractivity contribution is -0.0498. The largest absolute Gasteiger partial charge is 0.435 e. The smallest absolute Gasteiger partial charge is 0.387 e. The third-order valence-corrected chi connectivity index (χ3v) is 6.38. The van der Waals surface area contributed by atoms with Gasteiger partial charge in [0.2, 0.25) is 10.0 Å². The van der Waals surface area contributed by atoms with E-state index in [2.05, 4.69) is 14.8 Å². The van der Waals surface area contributed by atoms with Gasteiger partial charge in [-0.3, -0.25) is 0 Å². The molecule has 1 fully saturated rings. The van der Waals surface area contributed by atoms with Crippen LogP contribution in [0.5, 0.6) is 5.75 Å². The van der Waals surface area contributed by atoms with Crippen LogP contribution >= 0.6 is 0 Å². The van der Waals surface area contributed by atoms with E-state index in [4.69, 9.17) is 0 Å². The molecule has 0 amide bonds. The van der Waals surface area contributed by atoms with Gasteiger partial charge < -0.3 is 10.1 Å². The number of hydrogen-bond acceptors (Lipinski definition) is 4. The van der Waals surface area contributed by atoms with E-state index in [9.17, 15) is 17.2 Å². The minimum Gasteiger partial charge on any atom is -0.435 e. The third-order valence-electron chi connectivity index (χ3n) is 4.47. The summed E-state index contributed by atoms with van der Waals surface area (Å²) in [5, 5.41) is 2.88. The molecule has 1 aliphatic carbocycles. The number of benzene rings is 1. The lowest BCUT2D eigenvalue weighted by Gasteiger charge is -2.29. The van der Waals surface area contributed by atoms with Gasteiger partial charge in [0.15, 0.2) is 0 Å². The summed E-state index contributed by atoms with van der Waals surface area (Å²) in [5.41, 5.74) is 0.851. The standard InChI is InChI=1S/C17H26F2N2O3S/c1-12(2)25(22,23)21-15-5-3-13(4-6-15)11-20-14-7-9-16(10-8-14)24-17(18)19/h7-10,12-13,15,17,20-21H,3-6,11H2,1-2H3/t13-,15-. The topological polar surface area (TPSA) is 67.4 Å². The molecule has 8 heteroatoms. The molecule has 0 spiro atoms. The van der Waals surface area contributed by atoms with Gasteiger partial charge in [0.1, 0.15) is 5.75 Å². The van der Waals surface area contributed by atoms with Crippen molar-refractivity contribution < 1.29 is 21.9 Å². The van der Waals surface area contributed by atoms with Crippen molar-refractivity contribution >= 4 is 15.7 Å². The highest BCUT2D eigenvalue weighted by molar-refractivity contribution is 7.90.